The summed E-state index contributed by atoms with van der Waals surface area (Å²) in [4.78, 5) is 40.2. The van der Waals surface area contributed by atoms with E-state index in [1.807, 2.05) is 6.07 Å². The first-order valence-corrected chi connectivity index (χ1v) is 19.7. The number of nitrogens with zero attached hydrogens (tertiary/aromatic N) is 5. The van der Waals surface area contributed by atoms with Crippen molar-refractivity contribution in [3.8, 4) is 28.7 Å². The maximum Gasteiger partial charge on any atom is 0.257 e. The lowest BCUT2D eigenvalue weighted by Crippen LogP contribution is -2.45. The van der Waals surface area contributed by atoms with Crippen LogP contribution in [0.5, 0.6) is 28.7 Å². The molecule has 4 heterocycles. The molecule has 2 amide bonds. The Labute approximate surface area is 325 Å². The molecule has 1 fully saturated rings. The molecule has 0 saturated carbocycles. The van der Waals surface area contributed by atoms with E-state index < -0.39 is 34.2 Å². The average Bonchev–Trinajstić information content (AvgIpc) is 3.21. The van der Waals surface area contributed by atoms with Gasteiger partial charge >= 0.3 is 0 Å². The minimum absolute atomic E-state index is 0.00504. The largest absolute Gasteiger partial charge is 0.493 e. The Morgan fingerprint density at radius 3 is 2.32 bits per heavy atom. The summed E-state index contributed by atoms with van der Waals surface area (Å²) < 4.78 is 72.2. The summed E-state index contributed by atoms with van der Waals surface area (Å²) >= 11 is 0. The van der Waals surface area contributed by atoms with E-state index >= 15 is 4.39 Å². The van der Waals surface area contributed by atoms with Gasteiger partial charge in [0.15, 0.2) is 28.8 Å². The fraction of sp³-hybridized carbons (Fsp3) is 0.436. The Balaban J connectivity index is 1.42. The second-order valence-corrected chi connectivity index (χ2v) is 15.5. The topological polar surface area (TPSA) is 162 Å². The summed E-state index contributed by atoms with van der Waals surface area (Å²) in [7, 11) is 3.24. The highest BCUT2D eigenvalue weighted by atomic mass is 32.2. The number of anilines is 1. The van der Waals surface area contributed by atoms with E-state index in [1.165, 1.54) is 70.9 Å². The molecule has 1 N–H and O–H groups in total. The molecule has 2 bridgehead atoms. The minimum Gasteiger partial charge on any atom is -0.493 e. The predicted molar refractivity (Wildman–Crippen MR) is 206 cm³/mol. The summed E-state index contributed by atoms with van der Waals surface area (Å²) in [6, 6.07) is 9.28. The Kier molecular flexibility index (Phi) is 12.6. The zero-order chi connectivity index (χ0) is 40.0. The molecule has 300 valence electrons. The smallest absolute Gasteiger partial charge is 0.257 e. The lowest BCUT2D eigenvalue weighted by Gasteiger charge is -2.36. The van der Waals surface area contributed by atoms with Crippen LogP contribution in [0.2, 0.25) is 0 Å². The van der Waals surface area contributed by atoms with Gasteiger partial charge in [0.05, 0.1) is 64.3 Å². The van der Waals surface area contributed by atoms with E-state index in [-0.39, 0.29) is 48.2 Å². The number of fused-ring (bicyclic) bond motifs is 5. The summed E-state index contributed by atoms with van der Waals surface area (Å²) in [5.41, 5.74) is 1.11. The average molecular weight is 795 g/mol. The number of hydrogen-bond donors (Lipinski definition) is 1. The number of piperidine rings is 1. The highest BCUT2D eigenvalue weighted by Crippen LogP contribution is 2.44. The van der Waals surface area contributed by atoms with Crippen molar-refractivity contribution in [2.75, 3.05) is 79.7 Å². The number of sulfonamides is 1. The third kappa shape index (κ3) is 8.38. The van der Waals surface area contributed by atoms with Gasteiger partial charge < -0.3 is 38.8 Å². The molecule has 2 aliphatic heterocycles. The molecule has 0 radical (unpaired) electrons. The van der Waals surface area contributed by atoms with Crippen LogP contribution in [-0.2, 0) is 21.4 Å². The van der Waals surface area contributed by atoms with Crippen molar-refractivity contribution < 1.29 is 46.1 Å². The Hall–Kier alpha value is -5.42. The molecule has 15 nitrogen and oxygen atoms in total. The van der Waals surface area contributed by atoms with Crippen LogP contribution in [0.15, 0.2) is 53.7 Å². The van der Waals surface area contributed by atoms with Crippen LogP contribution in [0.4, 0.5) is 10.2 Å². The monoisotopic (exact) mass is 794 g/mol. The first-order chi connectivity index (χ1) is 27.0. The Bertz CT molecular complexity index is 2190. The van der Waals surface area contributed by atoms with E-state index in [0.29, 0.717) is 71.3 Å². The van der Waals surface area contributed by atoms with Crippen LogP contribution in [0.3, 0.4) is 0 Å². The van der Waals surface area contributed by atoms with E-state index in [4.69, 9.17) is 28.7 Å². The maximum absolute atomic E-state index is 15.1. The number of nitrogens with one attached hydrogen (secondary N) is 1. The van der Waals surface area contributed by atoms with Gasteiger partial charge in [0.25, 0.3) is 5.91 Å². The van der Waals surface area contributed by atoms with Gasteiger partial charge in [0, 0.05) is 68.5 Å². The molecule has 2 aromatic heterocycles. The number of aromatic nitrogens is 2. The van der Waals surface area contributed by atoms with E-state index in [9.17, 15) is 18.0 Å². The van der Waals surface area contributed by atoms with Gasteiger partial charge in [0.1, 0.15) is 5.82 Å². The second-order valence-electron chi connectivity index (χ2n) is 13.6. The van der Waals surface area contributed by atoms with Gasteiger partial charge in [-0.3, -0.25) is 14.6 Å². The number of rotatable bonds is 8. The highest BCUT2D eigenvalue weighted by Gasteiger charge is 2.31. The van der Waals surface area contributed by atoms with Gasteiger partial charge in [0.2, 0.25) is 21.7 Å². The molecular weight excluding hydrogens is 748 g/mol. The van der Waals surface area contributed by atoms with Crippen molar-refractivity contribution in [2.24, 2.45) is 5.92 Å². The molecule has 2 aromatic carbocycles. The summed E-state index contributed by atoms with van der Waals surface area (Å²) in [6.45, 7) is 1.22. The number of amides is 2. The van der Waals surface area contributed by atoms with Crippen LogP contribution >= 0.6 is 0 Å². The number of carbonyl (C=O) groups excluding carboxylic acids is 2. The van der Waals surface area contributed by atoms with Gasteiger partial charge in [-0.05, 0) is 55.9 Å². The summed E-state index contributed by atoms with van der Waals surface area (Å²) in [5.74, 6) is 0.660. The lowest BCUT2D eigenvalue weighted by atomic mass is 9.97. The molecule has 0 spiro atoms. The molecule has 6 rings (SSSR count). The zero-order valence-electron chi connectivity index (χ0n) is 32.2. The molecule has 1 atom stereocenters. The number of benzene rings is 2. The lowest BCUT2D eigenvalue weighted by molar-refractivity contribution is -0.121. The van der Waals surface area contributed by atoms with Crippen molar-refractivity contribution in [1.29, 1.82) is 0 Å². The van der Waals surface area contributed by atoms with E-state index in [2.05, 4.69) is 15.2 Å². The molecule has 2 aliphatic rings. The van der Waals surface area contributed by atoms with Crippen molar-refractivity contribution in [3.63, 3.8) is 0 Å². The van der Waals surface area contributed by atoms with E-state index in [1.54, 1.807) is 6.07 Å². The first kappa shape index (κ1) is 40.2. The summed E-state index contributed by atoms with van der Waals surface area (Å²) in [6.07, 6.45) is 4.54. The van der Waals surface area contributed by atoms with Crippen molar-refractivity contribution in [2.45, 2.75) is 37.1 Å². The maximum atomic E-state index is 15.1. The van der Waals surface area contributed by atoms with E-state index in [0.717, 1.165) is 23.3 Å². The third-order valence-corrected chi connectivity index (χ3v) is 12.0. The molecular formula is C39H47FN6O9S. The fourth-order valence-electron chi connectivity index (χ4n) is 7.29. The Morgan fingerprint density at radius 2 is 1.61 bits per heavy atom. The SMILES string of the molecule is COc1ccc(S(=O)(=O)N2CCCCN(C(=O)c3ccncc3F)Cc3cc4c(OC)c(OC)c(OC)cc4nc3N3CCCC(CNC(=O)C2)C3)cc1OC. The molecule has 4 aromatic rings. The number of hydrogen-bond acceptors (Lipinski definition) is 12. The van der Waals surface area contributed by atoms with Gasteiger partial charge in [-0.1, -0.05) is 0 Å². The van der Waals surface area contributed by atoms with Gasteiger partial charge in [-0.25, -0.2) is 17.8 Å². The van der Waals surface area contributed by atoms with Gasteiger partial charge in [-0.2, -0.15) is 4.31 Å². The fourth-order valence-corrected chi connectivity index (χ4v) is 8.74. The highest BCUT2D eigenvalue weighted by molar-refractivity contribution is 7.89. The molecule has 17 heteroatoms. The van der Waals surface area contributed by atoms with Crippen LogP contribution in [0.25, 0.3) is 10.9 Å². The molecule has 0 aliphatic carbocycles. The molecule has 1 saturated heterocycles. The second kappa shape index (κ2) is 17.6. The minimum atomic E-state index is -4.19. The van der Waals surface area contributed by atoms with Crippen LogP contribution in [0.1, 0.15) is 41.6 Å². The molecule has 56 heavy (non-hydrogen) atoms. The molecule has 1 unspecified atom stereocenters. The number of carbonyl (C=O) groups is 2. The number of ether oxygens (including phenoxy) is 5. The van der Waals surface area contributed by atoms with Crippen molar-refractivity contribution in [3.05, 3.63) is 65.7 Å². The standard InChI is InChI=1S/C39H47FN6O9S/c1-51-32-11-10-27(18-33(32)52-2)56(49,50)46-16-7-6-14-45(39(48)28-12-13-41-21-30(28)40)23-26-17-29-31(19-34(53-3)37(55-5)36(29)54-4)43-38(26)44-15-8-9-25(22-44)20-42-35(47)24-46/h10-13,17-19,21,25H,6-9,14-16,20,22-24H2,1-5H3,(H,42,47). The normalized spacial score (nSPS) is 17.5. The first-order valence-electron chi connectivity index (χ1n) is 18.3. The van der Waals surface area contributed by atoms with Crippen LogP contribution < -0.4 is 33.9 Å². The van der Waals surface area contributed by atoms with Crippen LogP contribution in [0, 0.1) is 11.7 Å². The third-order valence-electron chi connectivity index (χ3n) is 10.1. The Morgan fingerprint density at radius 1 is 0.857 bits per heavy atom. The number of pyridine rings is 2. The number of halogens is 1. The summed E-state index contributed by atoms with van der Waals surface area (Å²) in [5, 5.41) is 3.60. The quantitative estimate of drug-likeness (QED) is 0.270. The zero-order valence-corrected chi connectivity index (χ0v) is 33.0. The van der Waals surface area contributed by atoms with Crippen molar-refractivity contribution >= 4 is 38.6 Å². The predicted octanol–water partition coefficient (Wildman–Crippen LogP) is 4.27. The number of methoxy groups -OCH3 is 5. The van der Waals surface area contributed by atoms with Crippen LogP contribution in [-0.4, -0.2) is 114 Å². The van der Waals surface area contributed by atoms with Gasteiger partial charge in [-0.15, -0.1) is 0 Å². The van der Waals surface area contributed by atoms with Crippen molar-refractivity contribution in [1.82, 2.24) is 24.5 Å².